The maximum absolute atomic E-state index is 15.6. The summed E-state index contributed by atoms with van der Waals surface area (Å²) in [5.41, 5.74) is 8.90. The number of nitrogens with zero attached hydrogens (tertiary/aromatic N) is 2. The molecule has 266 valence electrons. The number of carboxylic acids is 1. The zero-order valence-electron chi connectivity index (χ0n) is 29.3. The van der Waals surface area contributed by atoms with E-state index in [1.54, 1.807) is 13.1 Å². The summed E-state index contributed by atoms with van der Waals surface area (Å²) in [6.45, 7) is 7.89. The fraction of sp³-hybridized carbons (Fsp3) is 0.410. The van der Waals surface area contributed by atoms with Crippen LogP contribution in [0.4, 0.5) is 8.78 Å². The molecule has 4 aromatic rings. The Hall–Kier alpha value is -4.38. The molecule has 1 aliphatic rings. The molecule has 2 bridgehead atoms. The molecule has 3 atom stereocenters. The number of H-pyrrole nitrogens is 1. The molecule has 1 aromatic heterocycles. The Morgan fingerprint density at radius 1 is 1.12 bits per heavy atom. The second-order valence-electron chi connectivity index (χ2n) is 14.3. The molecule has 3 unspecified atom stereocenters. The second kappa shape index (κ2) is 15.2. The van der Waals surface area contributed by atoms with E-state index in [2.05, 4.69) is 23.8 Å². The lowest BCUT2D eigenvalue weighted by Gasteiger charge is -2.32. The van der Waals surface area contributed by atoms with Crippen LogP contribution in [0.5, 0.6) is 11.5 Å². The summed E-state index contributed by atoms with van der Waals surface area (Å²) in [6, 6.07) is 15.2. The summed E-state index contributed by atoms with van der Waals surface area (Å²) in [5.74, 6) is -1.27. The van der Waals surface area contributed by atoms with Crippen LogP contribution in [0.15, 0.2) is 70.8 Å². The molecule has 4 N–H and O–H groups in total. The highest BCUT2D eigenvalue weighted by Gasteiger charge is 2.33. The van der Waals surface area contributed by atoms with Crippen molar-refractivity contribution in [1.29, 1.82) is 0 Å². The highest BCUT2D eigenvalue weighted by Crippen LogP contribution is 2.38. The van der Waals surface area contributed by atoms with E-state index in [9.17, 15) is 14.1 Å². The predicted molar refractivity (Wildman–Crippen MR) is 197 cm³/mol. The average Bonchev–Trinajstić information content (AvgIpc) is 3.54. The number of aliphatic carboxylic acids is 1. The number of aromatic nitrogens is 1. The van der Waals surface area contributed by atoms with E-state index in [1.165, 1.54) is 31.3 Å². The number of fused-ring (bicyclic) bond motifs is 5. The number of nitrogens with one attached hydrogen (secondary N) is 1. The SMILES string of the molecule is CN=C1N=C(N)C(C)(c2cccc(CCC(C)C(=O)O)c2)CCCC(C)(C)CS(=O)CCc2c(c(F)cc3[nH]ccc23)Oc2ccc(F)c1c2. The number of aromatic amines is 1. The third-order valence-electron chi connectivity index (χ3n) is 9.78. The minimum absolute atomic E-state index is 0.00441. The van der Waals surface area contributed by atoms with Gasteiger partial charge in [-0.15, -0.1) is 0 Å². The average molecular weight is 705 g/mol. The molecule has 8 nitrogen and oxygen atoms in total. The molecule has 0 saturated heterocycles. The minimum Gasteiger partial charge on any atom is -0.481 e. The molecular formula is C39H46F2N4O4S. The molecule has 0 amide bonds. The Bertz CT molecular complexity index is 1970. The maximum Gasteiger partial charge on any atom is 0.306 e. The number of ether oxygens (including phenoxy) is 1. The summed E-state index contributed by atoms with van der Waals surface area (Å²) in [7, 11) is 0.297. The van der Waals surface area contributed by atoms with Crippen molar-refractivity contribution in [2.24, 2.45) is 27.1 Å². The number of rotatable bonds is 5. The van der Waals surface area contributed by atoms with Crippen LogP contribution in [0.2, 0.25) is 0 Å². The van der Waals surface area contributed by atoms with Crippen molar-refractivity contribution in [2.45, 2.75) is 71.6 Å². The van der Waals surface area contributed by atoms with Crippen molar-refractivity contribution < 1.29 is 27.6 Å². The van der Waals surface area contributed by atoms with E-state index < -0.39 is 39.7 Å². The lowest BCUT2D eigenvalue weighted by molar-refractivity contribution is -0.141. The molecule has 0 saturated carbocycles. The van der Waals surface area contributed by atoms with E-state index in [1.807, 2.05) is 37.3 Å². The van der Waals surface area contributed by atoms with Gasteiger partial charge in [-0.05, 0) is 79.8 Å². The first-order valence-corrected chi connectivity index (χ1v) is 18.4. The quantitative estimate of drug-likeness (QED) is 0.193. The largest absolute Gasteiger partial charge is 0.481 e. The van der Waals surface area contributed by atoms with Gasteiger partial charge in [-0.1, -0.05) is 51.5 Å². The van der Waals surface area contributed by atoms with Gasteiger partial charge in [0.25, 0.3) is 0 Å². The highest BCUT2D eigenvalue weighted by molar-refractivity contribution is 7.85. The summed E-state index contributed by atoms with van der Waals surface area (Å²) in [5, 5.41) is 10.2. The number of halogens is 2. The summed E-state index contributed by atoms with van der Waals surface area (Å²) >= 11 is 0. The minimum atomic E-state index is -1.21. The molecule has 0 radical (unpaired) electrons. The van der Waals surface area contributed by atoms with Gasteiger partial charge in [-0.2, -0.15) is 0 Å². The first-order valence-electron chi connectivity index (χ1n) is 17.0. The van der Waals surface area contributed by atoms with Crippen LogP contribution in [0.1, 0.15) is 75.6 Å². The van der Waals surface area contributed by atoms with Gasteiger partial charge in [0.1, 0.15) is 17.4 Å². The van der Waals surface area contributed by atoms with Gasteiger partial charge < -0.3 is 20.6 Å². The van der Waals surface area contributed by atoms with Crippen molar-refractivity contribution in [1.82, 2.24) is 4.98 Å². The van der Waals surface area contributed by atoms with Crippen LogP contribution in [0, 0.1) is 23.0 Å². The monoisotopic (exact) mass is 704 g/mol. The molecule has 1 aliphatic heterocycles. The van der Waals surface area contributed by atoms with Crippen molar-refractivity contribution >= 4 is 39.3 Å². The molecular weight excluding hydrogens is 659 g/mol. The molecule has 50 heavy (non-hydrogen) atoms. The van der Waals surface area contributed by atoms with E-state index in [0.29, 0.717) is 48.3 Å². The fourth-order valence-electron chi connectivity index (χ4n) is 6.62. The zero-order chi connectivity index (χ0) is 36.2. The van der Waals surface area contributed by atoms with Crippen LogP contribution in [0.3, 0.4) is 0 Å². The Balaban J connectivity index is 1.60. The first kappa shape index (κ1) is 36.9. The topological polar surface area (TPSA) is 130 Å². The van der Waals surface area contributed by atoms with Crippen LogP contribution in [-0.2, 0) is 33.9 Å². The van der Waals surface area contributed by atoms with Gasteiger partial charge >= 0.3 is 5.97 Å². The van der Waals surface area contributed by atoms with Gasteiger partial charge in [-0.25, -0.2) is 13.8 Å². The zero-order valence-corrected chi connectivity index (χ0v) is 30.1. The number of hydrogen-bond acceptors (Lipinski definition) is 5. The smallest absolute Gasteiger partial charge is 0.306 e. The molecule has 11 heteroatoms. The lowest BCUT2D eigenvalue weighted by Crippen LogP contribution is -2.40. The van der Waals surface area contributed by atoms with E-state index >= 15 is 8.78 Å². The number of carboxylic acid groups (broad SMARTS) is 1. The summed E-state index contributed by atoms with van der Waals surface area (Å²) in [4.78, 5) is 23.6. The molecule has 5 rings (SSSR count). The molecule has 3 aromatic carbocycles. The second-order valence-corrected chi connectivity index (χ2v) is 15.8. The van der Waals surface area contributed by atoms with Crippen molar-refractivity contribution in [3.05, 3.63) is 94.7 Å². The predicted octanol–water partition coefficient (Wildman–Crippen LogP) is 8.08. The Labute approximate surface area is 294 Å². The van der Waals surface area contributed by atoms with E-state index in [-0.39, 0.29) is 34.1 Å². The normalized spacial score (nSPS) is 21.8. The van der Waals surface area contributed by atoms with Crippen LogP contribution in [-0.4, -0.2) is 50.5 Å². The molecule has 0 fully saturated rings. The number of benzene rings is 3. The molecule has 0 spiro atoms. The first-order chi connectivity index (χ1) is 23.7. The van der Waals surface area contributed by atoms with Gasteiger partial charge in [0.2, 0.25) is 0 Å². The number of aliphatic imine (C=N–C) groups is 2. The van der Waals surface area contributed by atoms with Gasteiger partial charge in [-0.3, -0.25) is 14.0 Å². The Morgan fingerprint density at radius 2 is 1.90 bits per heavy atom. The third kappa shape index (κ3) is 8.31. The van der Waals surface area contributed by atoms with Gasteiger partial charge in [0.05, 0.1) is 11.5 Å². The van der Waals surface area contributed by atoms with Gasteiger partial charge in [0.15, 0.2) is 17.4 Å². The summed E-state index contributed by atoms with van der Waals surface area (Å²) < 4.78 is 50.8. The number of carbonyl (C=O) groups is 1. The fourth-order valence-corrected chi connectivity index (χ4v) is 8.21. The Kier molecular flexibility index (Phi) is 11.2. The van der Waals surface area contributed by atoms with E-state index in [4.69, 9.17) is 15.5 Å². The van der Waals surface area contributed by atoms with Crippen LogP contribution < -0.4 is 10.5 Å². The molecule has 0 aliphatic carbocycles. The number of hydrogen-bond donors (Lipinski definition) is 3. The lowest BCUT2D eigenvalue weighted by atomic mass is 9.74. The molecule has 2 heterocycles. The van der Waals surface area contributed by atoms with Crippen LogP contribution in [0.25, 0.3) is 10.9 Å². The Morgan fingerprint density at radius 3 is 2.64 bits per heavy atom. The number of amidine groups is 2. The van der Waals surface area contributed by atoms with Crippen LogP contribution >= 0.6 is 0 Å². The maximum atomic E-state index is 15.6. The number of nitrogens with two attached hydrogens (primary N) is 1. The van der Waals surface area contributed by atoms with Crippen molar-refractivity contribution in [3.8, 4) is 11.5 Å². The van der Waals surface area contributed by atoms with Crippen molar-refractivity contribution in [2.75, 3.05) is 18.6 Å². The standard InChI is InChI=1S/C39H46F2N4O4S/c1-24(36(46)47)10-11-25-8-6-9-26(20-25)39(4)17-7-16-38(2,3)23-50(48)19-15-29-28-14-18-44-33(28)22-32(41)34(29)49-27-12-13-31(40)30(21-27)35(43-5)45-37(39)42/h6,8-9,12-14,18,20-22,24,44H,7,10-11,15-17,19,23H2,1-5H3,(H,46,47)(H2,42,43,45). The van der Waals surface area contributed by atoms with E-state index in [0.717, 1.165) is 29.4 Å². The third-order valence-corrected chi connectivity index (χ3v) is 11.5. The highest BCUT2D eigenvalue weighted by atomic mass is 32.2. The summed E-state index contributed by atoms with van der Waals surface area (Å²) in [6.07, 6.45) is 5.17. The number of aryl methyl sites for hydroxylation is 2. The van der Waals surface area contributed by atoms with Gasteiger partial charge in [0, 0.05) is 63.5 Å². The van der Waals surface area contributed by atoms with Crippen molar-refractivity contribution in [3.63, 3.8) is 0 Å².